The van der Waals surface area contributed by atoms with Crippen molar-refractivity contribution >= 4 is 23.8 Å². The molecule has 1 amide bonds. The zero-order valence-corrected chi connectivity index (χ0v) is 19.2. The summed E-state index contributed by atoms with van der Waals surface area (Å²) in [4.78, 5) is 26.7. The first-order chi connectivity index (χ1) is 15.1. The number of hydrogen-bond acceptors (Lipinski definition) is 4. The topological polar surface area (TPSA) is 78.9 Å². The van der Waals surface area contributed by atoms with E-state index in [2.05, 4.69) is 17.3 Å². The van der Waals surface area contributed by atoms with E-state index >= 15 is 0 Å². The second kappa shape index (κ2) is 10.0. The van der Waals surface area contributed by atoms with Crippen molar-refractivity contribution < 1.29 is 19.4 Å². The number of nitrogens with zero attached hydrogens (tertiary/aromatic N) is 1. The monoisotopic (exact) mass is 436 g/mol. The molecule has 2 aromatic rings. The lowest BCUT2D eigenvalue weighted by atomic mass is 9.85. The van der Waals surface area contributed by atoms with Crippen molar-refractivity contribution in [3.63, 3.8) is 0 Å². The molecule has 1 aliphatic heterocycles. The molecule has 1 heterocycles. The van der Waals surface area contributed by atoms with E-state index in [0.29, 0.717) is 16.8 Å². The first-order valence-electron chi connectivity index (χ1n) is 10.9. The number of hydrogen-bond donors (Lipinski definition) is 2. The molecule has 1 saturated heterocycles. The molecule has 2 N–H and O–H groups in total. The fourth-order valence-corrected chi connectivity index (χ4v) is 3.78. The van der Waals surface area contributed by atoms with Gasteiger partial charge in [0.1, 0.15) is 6.10 Å². The number of carboxylic acid groups (broad SMARTS) is 1. The Morgan fingerprint density at radius 1 is 1.09 bits per heavy atom. The van der Waals surface area contributed by atoms with Gasteiger partial charge in [-0.3, -0.25) is 5.32 Å². The Kier molecular flexibility index (Phi) is 7.36. The minimum Gasteiger partial charge on any atom is -0.478 e. The molecular weight excluding hydrogens is 404 g/mol. The predicted molar refractivity (Wildman–Crippen MR) is 128 cm³/mol. The second-order valence-corrected chi connectivity index (χ2v) is 9.32. The summed E-state index contributed by atoms with van der Waals surface area (Å²) in [6, 6.07) is 15.3. The molecule has 1 aliphatic rings. The van der Waals surface area contributed by atoms with Gasteiger partial charge in [-0.2, -0.15) is 0 Å². The molecule has 32 heavy (non-hydrogen) atoms. The van der Waals surface area contributed by atoms with Crippen molar-refractivity contribution in [2.75, 3.05) is 25.5 Å². The van der Waals surface area contributed by atoms with Gasteiger partial charge < -0.3 is 14.7 Å². The highest BCUT2D eigenvalue weighted by molar-refractivity contribution is 5.95. The highest BCUT2D eigenvalue weighted by atomic mass is 16.6. The van der Waals surface area contributed by atoms with Gasteiger partial charge in [0.2, 0.25) is 0 Å². The zero-order chi connectivity index (χ0) is 23.3. The number of benzene rings is 2. The van der Waals surface area contributed by atoms with Gasteiger partial charge in [0.05, 0.1) is 5.69 Å². The number of carbonyl (C=O) groups is 2. The average molecular weight is 437 g/mol. The largest absolute Gasteiger partial charge is 0.478 e. The smallest absolute Gasteiger partial charge is 0.411 e. The number of piperidine rings is 1. The van der Waals surface area contributed by atoms with Crippen molar-refractivity contribution in [1.82, 2.24) is 4.90 Å². The molecule has 3 rings (SSSR count). The van der Waals surface area contributed by atoms with Gasteiger partial charge in [-0.1, -0.05) is 63.2 Å². The summed E-state index contributed by atoms with van der Waals surface area (Å²) in [5.41, 5.74) is 2.85. The minimum absolute atomic E-state index is 0.103. The van der Waals surface area contributed by atoms with E-state index in [1.54, 1.807) is 12.1 Å². The van der Waals surface area contributed by atoms with Crippen molar-refractivity contribution in [2.24, 2.45) is 5.41 Å². The lowest BCUT2D eigenvalue weighted by Crippen LogP contribution is -2.36. The summed E-state index contributed by atoms with van der Waals surface area (Å²) in [5, 5.41) is 12.6. The van der Waals surface area contributed by atoms with Crippen LogP contribution in [-0.4, -0.2) is 48.3 Å². The number of carbonyl (C=O) groups excluding carboxylic acids is 1. The number of rotatable bonds is 5. The Morgan fingerprint density at radius 3 is 2.34 bits per heavy atom. The van der Waals surface area contributed by atoms with Crippen LogP contribution < -0.4 is 5.32 Å². The van der Waals surface area contributed by atoms with Gasteiger partial charge >= 0.3 is 12.1 Å². The van der Waals surface area contributed by atoms with Gasteiger partial charge in [0, 0.05) is 24.2 Å². The fraction of sp³-hybridized carbons (Fsp3) is 0.385. The normalized spacial score (nSPS) is 15.9. The van der Waals surface area contributed by atoms with E-state index in [0.717, 1.165) is 37.1 Å². The van der Waals surface area contributed by atoms with Crippen molar-refractivity contribution in [2.45, 2.75) is 39.7 Å². The standard InChI is InChI=1S/C26H32N2O4/c1-26(2,3)22(24(29)30)16-18-10-11-21(19-8-6-5-7-9-19)23(17-18)27-25(31)32-20-12-14-28(4)15-13-20/h5-11,16-17,20H,12-15H2,1-4H3,(H,27,31)(H,29,30). The summed E-state index contributed by atoms with van der Waals surface area (Å²) in [7, 11) is 2.06. The van der Waals surface area contributed by atoms with E-state index < -0.39 is 17.5 Å². The highest BCUT2D eigenvalue weighted by Crippen LogP contribution is 2.32. The van der Waals surface area contributed by atoms with Crippen LogP contribution in [0.15, 0.2) is 54.1 Å². The van der Waals surface area contributed by atoms with E-state index in [1.165, 1.54) is 0 Å². The van der Waals surface area contributed by atoms with Crippen LogP contribution in [0.3, 0.4) is 0 Å². The molecular formula is C26H32N2O4. The summed E-state index contributed by atoms with van der Waals surface area (Å²) in [6.45, 7) is 7.40. The number of ether oxygens (including phenoxy) is 1. The Labute approximate surface area is 189 Å². The number of carboxylic acids is 1. The maximum atomic E-state index is 12.7. The van der Waals surface area contributed by atoms with Gasteiger partial charge in [-0.25, -0.2) is 9.59 Å². The SMILES string of the molecule is CN1CCC(OC(=O)Nc2cc(C=C(C(=O)O)C(C)(C)C)ccc2-c2ccccc2)CC1. The molecule has 1 fully saturated rings. The third-order valence-corrected chi connectivity index (χ3v) is 5.65. The van der Waals surface area contributed by atoms with Gasteiger partial charge in [-0.15, -0.1) is 0 Å². The Bertz CT molecular complexity index is 985. The van der Waals surface area contributed by atoms with Gasteiger partial charge in [0.15, 0.2) is 0 Å². The van der Waals surface area contributed by atoms with Crippen LogP contribution in [0.1, 0.15) is 39.2 Å². The van der Waals surface area contributed by atoms with Crippen molar-refractivity contribution in [3.05, 3.63) is 59.7 Å². The Balaban J connectivity index is 1.91. The molecule has 0 atom stereocenters. The first-order valence-corrected chi connectivity index (χ1v) is 10.9. The highest BCUT2D eigenvalue weighted by Gasteiger charge is 2.24. The first kappa shape index (κ1) is 23.5. The van der Waals surface area contributed by atoms with Crippen LogP contribution in [-0.2, 0) is 9.53 Å². The van der Waals surface area contributed by atoms with E-state index in [9.17, 15) is 14.7 Å². The predicted octanol–water partition coefficient (Wildman–Crippen LogP) is 5.51. The maximum Gasteiger partial charge on any atom is 0.411 e. The van der Waals surface area contributed by atoms with E-state index in [4.69, 9.17) is 4.74 Å². The van der Waals surface area contributed by atoms with Crippen LogP contribution in [0.4, 0.5) is 10.5 Å². The van der Waals surface area contributed by atoms with Crippen LogP contribution in [0, 0.1) is 5.41 Å². The minimum atomic E-state index is -0.958. The number of anilines is 1. The summed E-state index contributed by atoms with van der Waals surface area (Å²) < 4.78 is 5.66. The molecule has 170 valence electrons. The molecule has 6 nitrogen and oxygen atoms in total. The molecule has 2 aromatic carbocycles. The zero-order valence-electron chi connectivity index (χ0n) is 19.2. The molecule has 0 bridgehead atoms. The van der Waals surface area contributed by atoms with E-state index in [-0.39, 0.29) is 6.10 Å². The van der Waals surface area contributed by atoms with Gasteiger partial charge in [0.25, 0.3) is 0 Å². The fourth-order valence-electron chi connectivity index (χ4n) is 3.78. The van der Waals surface area contributed by atoms with Crippen molar-refractivity contribution in [1.29, 1.82) is 0 Å². The summed E-state index contributed by atoms with van der Waals surface area (Å²) >= 11 is 0. The van der Waals surface area contributed by atoms with Crippen LogP contribution in [0.5, 0.6) is 0 Å². The third kappa shape index (κ3) is 6.20. The van der Waals surface area contributed by atoms with E-state index in [1.807, 2.05) is 63.2 Å². The summed E-state index contributed by atoms with van der Waals surface area (Å²) in [6.07, 6.45) is 2.68. The molecule has 0 saturated carbocycles. The number of nitrogens with one attached hydrogen (secondary N) is 1. The molecule has 0 spiro atoms. The Morgan fingerprint density at radius 2 is 1.75 bits per heavy atom. The lowest BCUT2D eigenvalue weighted by molar-refractivity contribution is -0.133. The average Bonchev–Trinajstić information content (AvgIpc) is 2.73. The maximum absolute atomic E-state index is 12.7. The Hall–Kier alpha value is -3.12. The third-order valence-electron chi connectivity index (χ3n) is 5.65. The number of amides is 1. The van der Waals surface area contributed by atoms with Gasteiger partial charge in [-0.05, 0) is 48.6 Å². The molecule has 0 radical (unpaired) electrons. The summed E-state index contributed by atoms with van der Waals surface area (Å²) in [5.74, 6) is -0.958. The van der Waals surface area contributed by atoms with Crippen LogP contribution in [0.25, 0.3) is 17.2 Å². The molecule has 0 aromatic heterocycles. The quantitative estimate of drug-likeness (QED) is 0.604. The van der Waals surface area contributed by atoms with Crippen molar-refractivity contribution in [3.8, 4) is 11.1 Å². The number of likely N-dealkylation sites (tertiary alicyclic amines) is 1. The second-order valence-electron chi connectivity index (χ2n) is 9.32. The molecule has 0 aliphatic carbocycles. The van der Waals surface area contributed by atoms with Crippen LogP contribution in [0.2, 0.25) is 0 Å². The van der Waals surface area contributed by atoms with Crippen LogP contribution >= 0.6 is 0 Å². The lowest BCUT2D eigenvalue weighted by Gasteiger charge is -2.28. The molecule has 6 heteroatoms. The molecule has 0 unspecified atom stereocenters. The number of aliphatic carboxylic acids is 1.